The number of ether oxygens (including phenoxy) is 1. The topological polar surface area (TPSA) is 63.7 Å². The predicted octanol–water partition coefficient (Wildman–Crippen LogP) is 5.54. The molecule has 0 saturated heterocycles. The minimum Gasteiger partial charge on any atom is -0.427 e. The van der Waals surface area contributed by atoms with Crippen LogP contribution in [0.3, 0.4) is 0 Å². The molecule has 0 saturated carbocycles. The smallest absolute Gasteiger partial charge is 0.311 e. The van der Waals surface area contributed by atoms with Gasteiger partial charge in [0.25, 0.3) is 11.8 Å². The Kier molecular flexibility index (Phi) is 8.33. The maximum absolute atomic E-state index is 12.8. The molecule has 164 valence electrons. The van der Waals surface area contributed by atoms with Gasteiger partial charge >= 0.3 is 5.97 Å². The molecular weight excluding hydrogens is 397 g/mol. The van der Waals surface area contributed by atoms with E-state index in [1.54, 1.807) is 24.3 Å². The fraction of sp³-hybridized carbons (Fsp3) is 0.400. The lowest BCUT2D eigenvalue weighted by molar-refractivity contribution is -0.134. The number of benzene rings is 2. The molecule has 0 aromatic heterocycles. The van der Waals surface area contributed by atoms with Crippen molar-refractivity contribution in [2.75, 3.05) is 6.54 Å². The molecule has 5 nitrogen and oxygen atoms in total. The molecule has 0 spiro atoms. The molecule has 0 unspecified atom stereocenters. The Bertz CT molecular complexity index is 875. The number of unbranched alkanes of at least 4 members (excludes halogenated alkanes) is 7. The van der Waals surface area contributed by atoms with E-state index >= 15 is 0 Å². The van der Waals surface area contributed by atoms with Crippen LogP contribution in [0.2, 0.25) is 0 Å². The summed E-state index contributed by atoms with van der Waals surface area (Å²) in [5.74, 6) is -0.645. The highest BCUT2D eigenvalue weighted by Gasteiger charge is 2.34. The fourth-order valence-corrected chi connectivity index (χ4v) is 3.73. The maximum Gasteiger partial charge on any atom is 0.311 e. The second-order valence-corrected chi connectivity index (χ2v) is 7.81. The molecule has 1 aliphatic rings. The van der Waals surface area contributed by atoms with E-state index < -0.39 is 0 Å². The lowest BCUT2D eigenvalue weighted by atomic mass is 10.1. The highest BCUT2D eigenvalue weighted by molar-refractivity contribution is 6.21. The summed E-state index contributed by atoms with van der Waals surface area (Å²) >= 11 is 0. The van der Waals surface area contributed by atoms with Crippen LogP contribution in [0.1, 0.15) is 78.5 Å². The molecule has 2 aromatic rings. The normalized spacial score (nSPS) is 12.9. The first kappa shape index (κ1) is 22.7. The van der Waals surface area contributed by atoms with Crippen molar-refractivity contribution in [3.63, 3.8) is 0 Å². The zero-order valence-corrected chi connectivity index (χ0v) is 17.6. The van der Waals surface area contributed by atoms with Gasteiger partial charge < -0.3 is 4.74 Å². The second-order valence-electron chi connectivity index (χ2n) is 7.81. The summed E-state index contributed by atoms with van der Waals surface area (Å²) in [5.41, 5.74) is 1.02. The van der Waals surface area contributed by atoms with Crippen molar-refractivity contribution in [3.8, 4) is 5.75 Å². The number of amides is 2. The third-order valence-corrected chi connectivity index (χ3v) is 5.44. The maximum atomic E-state index is 12.8. The first-order chi connectivity index (χ1) is 15.1. The van der Waals surface area contributed by atoms with Crippen LogP contribution < -0.4 is 4.74 Å². The van der Waals surface area contributed by atoms with Gasteiger partial charge in [-0.3, -0.25) is 19.3 Å². The molecule has 0 bridgehead atoms. The van der Waals surface area contributed by atoms with Gasteiger partial charge in [-0.2, -0.15) is 0 Å². The van der Waals surface area contributed by atoms with Crippen molar-refractivity contribution in [1.29, 1.82) is 0 Å². The number of halogens is 1. The molecular formula is C25H28FNO4. The molecule has 0 N–H and O–H groups in total. The van der Waals surface area contributed by atoms with Crippen LogP contribution in [-0.4, -0.2) is 29.2 Å². The van der Waals surface area contributed by atoms with E-state index in [0.717, 1.165) is 51.4 Å². The average molecular weight is 426 g/mol. The Morgan fingerprint density at radius 3 is 1.84 bits per heavy atom. The van der Waals surface area contributed by atoms with Crippen LogP contribution in [0, 0.1) is 5.82 Å². The van der Waals surface area contributed by atoms with Gasteiger partial charge in [-0.05, 0) is 49.2 Å². The average Bonchev–Trinajstić information content (AvgIpc) is 3.01. The van der Waals surface area contributed by atoms with Gasteiger partial charge in [0.2, 0.25) is 0 Å². The van der Waals surface area contributed by atoms with Gasteiger partial charge in [-0.15, -0.1) is 0 Å². The molecule has 2 aromatic carbocycles. The van der Waals surface area contributed by atoms with Crippen LogP contribution in [0.15, 0.2) is 48.5 Å². The van der Waals surface area contributed by atoms with Crippen molar-refractivity contribution in [2.45, 2.75) is 57.8 Å². The molecule has 0 aliphatic carbocycles. The summed E-state index contributed by atoms with van der Waals surface area (Å²) < 4.78 is 18.0. The lowest BCUT2D eigenvalue weighted by Gasteiger charge is -2.13. The largest absolute Gasteiger partial charge is 0.427 e. The molecule has 0 radical (unpaired) electrons. The minimum absolute atomic E-state index is 0.182. The van der Waals surface area contributed by atoms with Crippen molar-refractivity contribution < 1.29 is 23.5 Å². The highest BCUT2D eigenvalue weighted by atomic mass is 19.1. The van der Waals surface area contributed by atoms with Crippen molar-refractivity contribution >= 4 is 17.8 Å². The minimum atomic E-state index is -0.358. The van der Waals surface area contributed by atoms with Crippen molar-refractivity contribution in [1.82, 2.24) is 4.90 Å². The standard InChI is InChI=1S/C25H28FNO4/c26-19-14-16-20(17-15-19)31-23(28)13-7-5-3-1-2-4-6-10-18-27-24(29)21-11-8-9-12-22(21)25(27)30/h8-9,11-12,14-17H,1-7,10,13,18H2. The predicted molar refractivity (Wildman–Crippen MR) is 115 cm³/mol. The summed E-state index contributed by atoms with van der Waals surface area (Å²) in [7, 11) is 0. The molecule has 1 aliphatic heterocycles. The number of esters is 1. The Morgan fingerprint density at radius 2 is 1.26 bits per heavy atom. The quantitative estimate of drug-likeness (QED) is 0.194. The van der Waals surface area contributed by atoms with Crippen LogP contribution in [-0.2, 0) is 4.79 Å². The van der Waals surface area contributed by atoms with Crippen molar-refractivity contribution in [3.05, 3.63) is 65.5 Å². The van der Waals surface area contributed by atoms with E-state index in [0.29, 0.717) is 29.8 Å². The number of carbonyl (C=O) groups is 3. The van der Waals surface area contributed by atoms with E-state index in [-0.39, 0.29) is 23.6 Å². The Balaban J connectivity index is 1.18. The summed E-state index contributed by atoms with van der Waals surface area (Å²) in [6.07, 6.45) is 8.23. The third kappa shape index (κ3) is 6.48. The zero-order valence-electron chi connectivity index (χ0n) is 17.6. The number of hydrogen-bond acceptors (Lipinski definition) is 4. The van der Waals surface area contributed by atoms with Crippen LogP contribution in [0.25, 0.3) is 0 Å². The molecule has 3 rings (SSSR count). The van der Waals surface area contributed by atoms with Gasteiger partial charge in [-0.25, -0.2) is 4.39 Å². The van der Waals surface area contributed by atoms with E-state index in [2.05, 4.69) is 0 Å². The molecule has 0 fully saturated rings. The van der Waals surface area contributed by atoms with Gasteiger partial charge in [0.1, 0.15) is 11.6 Å². The summed E-state index contributed by atoms with van der Waals surface area (Å²) in [6, 6.07) is 12.4. The summed E-state index contributed by atoms with van der Waals surface area (Å²) in [5, 5.41) is 0. The Labute approximate surface area is 182 Å². The monoisotopic (exact) mass is 425 g/mol. The first-order valence-electron chi connectivity index (χ1n) is 11.0. The number of fused-ring (bicyclic) bond motifs is 1. The van der Waals surface area contributed by atoms with Crippen LogP contribution in [0.4, 0.5) is 4.39 Å². The fourth-order valence-electron chi connectivity index (χ4n) is 3.73. The summed E-state index contributed by atoms with van der Waals surface area (Å²) in [6.45, 7) is 0.475. The van der Waals surface area contributed by atoms with Gasteiger partial charge in [0, 0.05) is 13.0 Å². The van der Waals surface area contributed by atoms with E-state index in [9.17, 15) is 18.8 Å². The Hall–Kier alpha value is -3.02. The van der Waals surface area contributed by atoms with Crippen molar-refractivity contribution in [2.24, 2.45) is 0 Å². The van der Waals surface area contributed by atoms with Gasteiger partial charge in [0.15, 0.2) is 0 Å². The van der Waals surface area contributed by atoms with Crippen LogP contribution in [0.5, 0.6) is 5.75 Å². The van der Waals surface area contributed by atoms with E-state index in [1.165, 1.54) is 29.2 Å². The first-order valence-corrected chi connectivity index (χ1v) is 11.0. The van der Waals surface area contributed by atoms with Crippen LogP contribution >= 0.6 is 0 Å². The number of imide groups is 1. The SMILES string of the molecule is O=C(CCCCCCCCCCN1C(=O)c2ccccc2C1=O)Oc1ccc(F)cc1. The molecule has 1 heterocycles. The molecule has 31 heavy (non-hydrogen) atoms. The molecule has 0 atom stereocenters. The van der Waals surface area contributed by atoms with Gasteiger partial charge in [0.05, 0.1) is 11.1 Å². The number of hydrogen-bond donors (Lipinski definition) is 0. The highest BCUT2D eigenvalue weighted by Crippen LogP contribution is 2.23. The molecule has 2 amide bonds. The Morgan fingerprint density at radius 1 is 0.742 bits per heavy atom. The van der Waals surface area contributed by atoms with E-state index in [4.69, 9.17) is 4.74 Å². The van der Waals surface area contributed by atoms with Gasteiger partial charge in [-0.1, -0.05) is 50.7 Å². The number of rotatable bonds is 12. The second kappa shape index (κ2) is 11.4. The number of nitrogens with zero attached hydrogens (tertiary/aromatic N) is 1. The number of carbonyl (C=O) groups excluding carboxylic acids is 3. The molecule has 6 heteroatoms. The summed E-state index contributed by atoms with van der Waals surface area (Å²) in [4.78, 5) is 37.7. The van der Waals surface area contributed by atoms with E-state index in [1.807, 2.05) is 0 Å². The third-order valence-electron chi connectivity index (χ3n) is 5.44. The lowest BCUT2D eigenvalue weighted by Crippen LogP contribution is -2.30. The zero-order chi connectivity index (χ0) is 22.1.